The molecule has 0 radical (unpaired) electrons. The lowest BCUT2D eigenvalue weighted by Gasteiger charge is -2.35. The normalized spacial score (nSPS) is 13.1. The summed E-state index contributed by atoms with van der Waals surface area (Å²) in [6.07, 6.45) is 5.34. The fourth-order valence-electron chi connectivity index (χ4n) is 5.74. The Labute approximate surface area is 273 Å². The predicted octanol–water partition coefficient (Wildman–Crippen LogP) is 4.58. The van der Waals surface area contributed by atoms with Crippen LogP contribution in [0.1, 0.15) is 33.5 Å². The highest BCUT2D eigenvalue weighted by Crippen LogP contribution is 2.21. The van der Waals surface area contributed by atoms with Crippen molar-refractivity contribution < 1.29 is 27.6 Å². The molecule has 244 valence electrons. The van der Waals surface area contributed by atoms with E-state index in [1.54, 1.807) is 18.6 Å². The number of Topliss-reactive ketones (excluding diaryl/α,β-unsaturated/α-hetero) is 2. The molecule has 6 rings (SSSR count). The second kappa shape index (κ2) is 13.9. The van der Waals surface area contributed by atoms with E-state index in [0.717, 1.165) is 28.1 Å². The van der Waals surface area contributed by atoms with Gasteiger partial charge in [0.15, 0.2) is 5.78 Å². The van der Waals surface area contributed by atoms with Gasteiger partial charge in [-0.15, -0.1) is 0 Å². The van der Waals surface area contributed by atoms with Gasteiger partial charge in [-0.2, -0.15) is 0 Å². The molecule has 3 aromatic carbocycles. The van der Waals surface area contributed by atoms with Gasteiger partial charge in [-0.25, -0.2) is 18.2 Å². The van der Waals surface area contributed by atoms with Crippen molar-refractivity contribution >= 4 is 23.2 Å². The molecule has 12 heteroatoms. The van der Waals surface area contributed by atoms with Crippen LogP contribution in [0.4, 0.5) is 18.9 Å². The number of benzene rings is 3. The molecule has 3 heterocycles. The second-order valence-electron chi connectivity index (χ2n) is 11.5. The van der Waals surface area contributed by atoms with Crippen molar-refractivity contribution in [3.63, 3.8) is 0 Å². The van der Waals surface area contributed by atoms with E-state index in [9.17, 15) is 32.3 Å². The molecule has 0 saturated carbocycles. The van der Waals surface area contributed by atoms with E-state index in [2.05, 4.69) is 9.88 Å². The van der Waals surface area contributed by atoms with Crippen LogP contribution >= 0.6 is 0 Å². The van der Waals surface area contributed by atoms with E-state index in [0.29, 0.717) is 13.1 Å². The molecule has 1 aliphatic heterocycles. The summed E-state index contributed by atoms with van der Waals surface area (Å²) < 4.78 is 46.4. The van der Waals surface area contributed by atoms with E-state index < -0.39 is 52.5 Å². The zero-order chi connectivity index (χ0) is 33.8. The summed E-state index contributed by atoms with van der Waals surface area (Å²) >= 11 is 0. The van der Waals surface area contributed by atoms with Gasteiger partial charge in [0.2, 0.25) is 5.78 Å². The highest BCUT2D eigenvalue weighted by atomic mass is 19.1. The van der Waals surface area contributed by atoms with Crippen molar-refractivity contribution in [2.75, 3.05) is 31.1 Å². The Morgan fingerprint density at radius 3 is 2.12 bits per heavy atom. The molecule has 0 aliphatic carbocycles. The minimum atomic E-state index is -0.983. The zero-order valence-corrected chi connectivity index (χ0v) is 25.7. The molecule has 2 aromatic heterocycles. The predicted molar refractivity (Wildman–Crippen MR) is 172 cm³/mol. The lowest BCUT2D eigenvalue weighted by Crippen LogP contribution is -2.51. The Balaban J connectivity index is 1.16. The zero-order valence-electron chi connectivity index (χ0n) is 25.7. The van der Waals surface area contributed by atoms with Crippen molar-refractivity contribution in [2.45, 2.75) is 19.4 Å². The fraction of sp³-hybridized carbons (Fsp3) is 0.194. The Kier molecular flexibility index (Phi) is 9.33. The van der Waals surface area contributed by atoms with Crippen LogP contribution in [-0.2, 0) is 22.6 Å². The summed E-state index contributed by atoms with van der Waals surface area (Å²) in [6.45, 7) is 1.16. The number of aromatic nitrogens is 3. The molecular weight excluding hydrogens is 623 g/mol. The van der Waals surface area contributed by atoms with Crippen LogP contribution in [-0.4, -0.2) is 62.7 Å². The maximum atomic E-state index is 14.5. The highest BCUT2D eigenvalue weighted by Gasteiger charge is 2.29. The number of rotatable bonds is 10. The number of carbonyl (C=O) groups excluding carboxylic acids is 3. The number of nitrogens with zero attached hydrogens (tertiary/aromatic N) is 5. The molecule has 5 aromatic rings. The third-order valence-corrected chi connectivity index (χ3v) is 8.33. The standard InChI is InChI=1S/C36H30F3N5O4/c37-30-5-2-1-4-25(30)22-44-21-24(18-28-31(38)6-3-7-32(28)39)19-29(35(44)47)33(45)20-34(46)36(48)42-16-14-41(15-17-42)26-8-10-27(11-9-26)43-13-12-40-23-43/h1-13,19,21,23H,14-18,20,22H2. The molecule has 1 aliphatic rings. The average molecular weight is 654 g/mol. The Hall–Kier alpha value is -5.78. The molecule has 0 N–H and O–H groups in total. The number of anilines is 1. The van der Waals surface area contributed by atoms with Gasteiger partial charge in [-0.3, -0.25) is 19.2 Å². The molecule has 0 spiro atoms. The topological polar surface area (TPSA) is 97.5 Å². The monoisotopic (exact) mass is 653 g/mol. The van der Waals surface area contributed by atoms with Gasteiger partial charge < -0.3 is 18.9 Å². The molecule has 0 atom stereocenters. The van der Waals surface area contributed by atoms with E-state index in [1.807, 2.05) is 35.0 Å². The Bertz CT molecular complexity index is 2020. The first kappa shape index (κ1) is 32.2. The minimum Gasteiger partial charge on any atom is -0.368 e. The first-order valence-electron chi connectivity index (χ1n) is 15.3. The molecule has 0 unspecified atom stereocenters. The third-order valence-electron chi connectivity index (χ3n) is 8.33. The first-order chi connectivity index (χ1) is 23.2. The molecule has 1 saturated heterocycles. The number of amides is 1. The van der Waals surface area contributed by atoms with Crippen molar-refractivity contribution in [1.82, 2.24) is 19.0 Å². The fourth-order valence-corrected chi connectivity index (χ4v) is 5.74. The number of pyridine rings is 1. The number of carbonyl (C=O) groups is 3. The van der Waals surface area contributed by atoms with E-state index >= 15 is 0 Å². The lowest BCUT2D eigenvalue weighted by atomic mass is 10.0. The quantitative estimate of drug-likeness (QED) is 0.124. The number of ketones is 2. The summed E-state index contributed by atoms with van der Waals surface area (Å²) in [5.41, 5.74) is 0.683. The molecule has 1 amide bonds. The average Bonchev–Trinajstić information content (AvgIpc) is 3.64. The Morgan fingerprint density at radius 1 is 0.792 bits per heavy atom. The minimum absolute atomic E-state index is 0.145. The van der Waals surface area contributed by atoms with Crippen LogP contribution in [0, 0.1) is 17.5 Å². The van der Waals surface area contributed by atoms with Gasteiger partial charge >= 0.3 is 0 Å². The summed E-state index contributed by atoms with van der Waals surface area (Å²) in [5.74, 6) is -4.97. The number of hydrogen-bond acceptors (Lipinski definition) is 6. The van der Waals surface area contributed by atoms with Crippen LogP contribution in [0.15, 0.2) is 103 Å². The maximum absolute atomic E-state index is 14.5. The smallest absolute Gasteiger partial charge is 0.290 e. The number of hydrogen-bond donors (Lipinski definition) is 0. The van der Waals surface area contributed by atoms with Gasteiger partial charge in [0.05, 0.1) is 24.9 Å². The van der Waals surface area contributed by atoms with Crippen molar-refractivity contribution in [3.05, 3.63) is 148 Å². The van der Waals surface area contributed by atoms with Gasteiger partial charge in [0.1, 0.15) is 17.5 Å². The summed E-state index contributed by atoms with van der Waals surface area (Å²) in [5, 5.41) is 0. The number of piperazine rings is 1. The van der Waals surface area contributed by atoms with Gasteiger partial charge in [-0.05, 0) is 54.1 Å². The van der Waals surface area contributed by atoms with Gasteiger partial charge in [0, 0.05) is 73.7 Å². The largest absolute Gasteiger partial charge is 0.368 e. The second-order valence-corrected chi connectivity index (χ2v) is 11.5. The molecule has 48 heavy (non-hydrogen) atoms. The van der Waals surface area contributed by atoms with E-state index in [-0.39, 0.29) is 42.7 Å². The van der Waals surface area contributed by atoms with Gasteiger partial charge in [0.25, 0.3) is 11.5 Å². The van der Waals surface area contributed by atoms with E-state index in [1.165, 1.54) is 41.4 Å². The number of halogens is 3. The van der Waals surface area contributed by atoms with Crippen molar-refractivity contribution in [1.29, 1.82) is 0 Å². The van der Waals surface area contributed by atoms with Crippen molar-refractivity contribution in [2.24, 2.45) is 0 Å². The van der Waals surface area contributed by atoms with Crippen molar-refractivity contribution in [3.8, 4) is 5.69 Å². The highest BCUT2D eigenvalue weighted by molar-refractivity contribution is 6.40. The SMILES string of the molecule is O=C(CC(=O)c1cc(Cc2c(F)cccc2F)cn(Cc2ccccc2F)c1=O)C(=O)N1CCN(c2ccc(-n3ccnc3)cc2)CC1. The summed E-state index contributed by atoms with van der Waals surface area (Å²) in [4.78, 5) is 60.4. The van der Waals surface area contributed by atoms with Crippen LogP contribution in [0.3, 0.4) is 0 Å². The van der Waals surface area contributed by atoms with Gasteiger partial charge in [-0.1, -0.05) is 24.3 Å². The van der Waals surface area contributed by atoms with Crippen LogP contribution in [0.25, 0.3) is 5.69 Å². The molecule has 9 nitrogen and oxygen atoms in total. The first-order valence-corrected chi connectivity index (χ1v) is 15.3. The number of imidazole rings is 1. The summed E-state index contributed by atoms with van der Waals surface area (Å²) in [7, 11) is 0. The summed E-state index contributed by atoms with van der Waals surface area (Å²) in [6, 6.07) is 18.1. The van der Waals surface area contributed by atoms with Crippen LogP contribution in [0.2, 0.25) is 0 Å². The maximum Gasteiger partial charge on any atom is 0.290 e. The van der Waals surface area contributed by atoms with Crippen LogP contribution in [0.5, 0.6) is 0 Å². The lowest BCUT2D eigenvalue weighted by molar-refractivity contribution is -0.144. The molecule has 0 bridgehead atoms. The molecular formula is C36H30F3N5O4. The van der Waals surface area contributed by atoms with Crippen LogP contribution < -0.4 is 10.5 Å². The van der Waals surface area contributed by atoms with E-state index in [4.69, 9.17) is 0 Å². The molecule has 1 fully saturated rings. The Morgan fingerprint density at radius 2 is 1.46 bits per heavy atom. The third kappa shape index (κ3) is 6.97.